The molecule has 7 nitrogen and oxygen atoms in total. The molecule has 3 rings (SSSR count). The Morgan fingerprint density at radius 1 is 1.19 bits per heavy atom. The highest BCUT2D eigenvalue weighted by Crippen LogP contribution is 2.26. The summed E-state index contributed by atoms with van der Waals surface area (Å²) in [4.78, 5) is 8.85. The van der Waals surface area contributed by atoms with Gasteiger partial charge in [-0.1, -0.05) is 6.07 Å². The second kappa shape index (κ2) is 10.3. The Hall–Kier alpha value is -3.39. The van der Waals surface area contributed by atoms with Crippen LogP contribution in [0.2, 0.25) is 0 Å². The zero-order chi connectivity index (χ0) is 23.1. The summed E-state index contributed by atoms with van der Waals surface area (Å²) < 4.78 is 24.1. The molecule has 170 valence electrons. The molecule has 0 saturated heterocycles. The van der Waals surface area contributed by atoms with Crippen LogP contribution in [-0.4, -0.2) is 29.1 Å². The van der Waals surface area contributed by atoms with Crippen molar-refractivity contribution in [2.45, 2.75) is 39.8 Å². The van der Waals surface area contributed by atoms with Gasteiger partial charge in [0.25, 0.3) is 0 Å². The van der Waals surface area contributed by atoms with Crippen molar-refractivity contribution in [2.75, 3.05) is 13.1 Å². The summed E-state index contributed by atoms with van der Waals surface area (Å²) >= 11 is 0. The number of pyridine rings is 1. The standard InChI is InChI=1S/C24H29FN4O3/c1-5-26-23(29-15-24(4,30)21-12-16(2)31-17(21)3)28-14-18-6-11-22(27-13-18)32-20-9-7-19(25)8-10-20/h6-13,30H,5,14-15H2,1-4H3,(H2,26,28,29). The number of nitrogens with zero attached hydrogens (tertiary/aromatic N) is 2. The summed E-state index contributed by atoms with van der Waals surface area (Å²) in [6.45, 7) is 8.75. The molecule has 0 spiro atoms. The largest absolute Gasteiger partial charge is 0.466 e. The molecule has 2 aromatic heterocycles. The maximum atomic E-state index is 13.0. The zero-order valence-corrected chi connectivity index (χ0v) is 18.8. The summed E-state index contributed by atoms with van der Waals surface area (Å²) in [7, 11) is 0. The average Bonchev–Trinajstić information content (AvgIpc) is 3.12. The Labute approximate surface area is 187 Å². The van der Waals surface area contributed by atoms with Crippen LogP contribution in [0.25, 0.3) is 0 Å². The van der Waals surface area contributed by atoms with Gasteiger partial charge in [-0.25, -0.2) is 14.4 Å². The van der Waals surface area contributed by atoms with Gasteiger partial charge in [0.2, 0.25) is 5.88 Å². The second-order valence-electron chi connectivity index (χ2n) is 7.71. The van der Waals surface area contributed by atoms with Crippen LogP contribution in [0.3, 0.4) is 0 Å². The summed E-state index contributed by atoms with van der Waals surface area (Å²) in [6.07, 6.45) is 1.68. The molecule has 1 atom stereocenters. The highest BCUT2D eigenvalue weighted by atomic mass is 19.1. The van der Waals surface area contributed by atoms with Crippen LogP contribution < -0.4 is 15.4 Å². The van der Waals surface area contributed by atoms with E-state index in [2.05, 4.69) is 20.6 Å². The lowest BCUT2D eigenvalue weighted by Gasteiger charge is -2.24. The van der Waals surface area contributed by atoms with Gasteiger partial charge in [-0.3, -0.25) is 0 Å². The van der Waals surface area contributed by atoms with Gasteiger partial charge in [-0.15, -0.1) is 0 Å². The molecule has 0 bridgehead atoms. The number of nitrogens with one attached hydrogen (secondary N) is 2. The third-order valence-electron chi connectivity index (χ3n) is 4.82. The molecule has 1 aromatic carbocycles. The monoisotopic (exact) mass is 440 g/mol. The van der Waals surface area contributed by atoms with E-state index in [-0.39, 0.29) is 12.4 Å². The predicted octanol–water partition coefficient (Wildman–Crippen LogP) is 4.19. The number of guanidine groups is 1. The van der Waals surface area contributed by atoms with E-state index in [0.29, 0.717) is 36.4 Å². The number of aromatic nitrogens is 1. The lowest BCUT2D eigenvalue weighted by Crippen LogP contribution is -2.44. The smallest absolute Gasteiger partial charge is 0.219 e. The fourth-order valence-corrected chi connectivity index (χ4v) is 3.22. The third-order valence-corrected chi connectivity index (χ3v) is 4.82. The SMILES string of the molecule is CCNC(=NCc1ccc(Oc2ccc(F)cc2)nc1)NCC(C)(O)c1cc(C)oc1C. The van der Waals surface area contributed by atoms with Crippen molar-refractivity contribution < 1.29 is 18.7 Å². The number of halogens is 1. The van der Waals surface area contributed by atoms with Crippen LogP contribution in [0.5, 0.6) is 11.6 Å². The summed E-state index contributed by atoms with van der Waals surface area (Å²) in [5.41, 5.74) is 0.528. The molecular weight excluding hydrogens is 411 g/mol. The number of ether oxygens (including phenoxy) is 1. The number of aryl methyl sites for hydroxylation is 2. The first-order chi connectivity index (χ1) is 15.3. The van der Waals surface area contributed by atoms with Crippen molar-refractivity contribution in [1.29, 1.82) is 0 Å². The van der Waals surface area contributed by atoms with Crippen LogP contribution >= 0.6 is 0 Å². The van der Waals surface area contributed by atoms with E-state index in [9.17, 15) is 9.50 Å². The predicted molar refractivity (Wildman–Crippen MR) is 121 cm³/mol. The maximum Gasteiger partial charge on any atom is 0.219 e. The molecule has 2 heterocycles. The van der Waals surface area contributed by atoms with E-state index in [0.717, 1.165) is 16.9 Å². The fourth-order valence-electron chi connectivity index (χ4n) is 3.22. The Balaban J connectivity index is 1.60. The van der Waals surface area contributed by atoms with Crippen LogP contribution in [0.15, 0.2) is 58.1 Å². The van der Waals surface area contributed by atoms with Crippen molar-refractivity contribution in [3.63, 3.8) is 0 Å². The van der Waals surface area contributed by atoms with Crippen molar-refractivity contribution in [1.82, 2.24) is 15.6 Å². The van der Waals surface area contributed by atoms with Gasteiger partial charge >= 0.3 is 0 Å². The Morgan fingerprint density at radius 2 is 1.94 bits per heavy atom. The highest BCUT2D eigenvalue weighted by molar-refractivity contribution is 5.79. The van der Waals surface area contributed by atoms with E-state index in [4.69, 9.17) is 9.15 Å². The Morgan fingerprint density at radius 3 is 2.53 bits per heavy atom. The molecule has 0 radical (unpaired) electrons. The number of benzene rings is 1. The summed E-state index contributed by atoms with van der Waals surface area (Å²) in [6, 6.07) is 11.2. The second-order valence-corrected chi connectivity index (χ2v) is 7.71. The average molecular weight is 441 g/mol. The lowest BCUT2D eigenvalue weighted by atomic mass is 9.96. The molecule has 0 aliphatic rings. The van der Waals surface area contributed by atoms with Crippen LogP contribution in [0.1, 0.15) is 36.5 Å². The molecule has 0 fully saturated rings. The van der Waals surface area contributed by atoms with E-state index in [1.807, 2.05) is 32.9 Å². The van der Waals surface area contributed by atoms with Crippen LogP contribution in [-0.2, 0) is 12.1 Å². The summed E-state index contributed by atoms with van der Waals surface area (Å²) in [5, 5.41) is 17.3. The third kappa shape index (κ3) is 6.31. The van der Waals surface area contributed by atoms with Gasteiger partial charge in [0, 0.05) is 24.4 Å². The van der Waals surface area contributed by atoms with Gasteiger partial charge in [0.05, 0.1) is 13.1 Å². The number of furan rings is 1. The Bertz CT molecular complexity index is 1040. The van der Waals surface area contributed by atoms with Crippen LogP contribution in [0.4, 0.5) is 4.39 Å². The van der Waals surface area contributed by atoms with Crippen molar-refractivity contribution >= 4 is 5.96 Å². The number of rotatable bonds is 8. The minimum Gasteiger partial charge on any atom is -0.466 e. The minimum absolute atomic E-state index is 0.265. The van der Waals surface area contributed by atoms with Crippen molar-refractivity contribution in [2.24, 2.45) is 4.99 Å². The molecule has 8 heteroatoms. The molecule has 1 unspecified atom stereocenters. The first-order valence-corrected chi connectivity index (χ1v) is 10.5. The topological polar surface area (TPSA) is 91.9 Å². The van der Waals surface area contributed by atoms with Gasteiger partial charge in [-0.05, 0) is 63.6 Å². The van der Waals surface area contributed by atoms with Gasteiger partial charge < -0.3 is 24.9 Å². The first kappa shape index (κ1) is 23.3. The number of hydrogen-bond donors (Lipinski definition) is 3. The maximum absolute atomic E-state index is 13.0. The van der Waals surface area contributed by atoms with Gasteiger partial charge in [0.1, 0.15) is 28.7 Å². The van der Waals surface area contributed by atoms with Crippen molar-refractivity contribution in [3.8, 4) is 11.6 Å². The first-order valence-electron chi connectivity index (χ1n) is 10.5. The van der Waals surface area contributed by atoms with Gasteiger partial charge in [-0.2, -0.15) is 0 Å². The van der Waals surface area contributed by atoms with Crippen LogP contribution in [0, 0.1) is 19.7 Å². The lowest BCUT2D eigenvalue weighted by molar-refractivity contribution is 0.0601. The molecule has 0 amide bonds. The fraction of sp³-hybridized carbons (Fsp3) is 0.333. The molecule has 32 heavy (non-hydrogen) atoms. The molecular formula is C24H29FN4O3. The van der Waals surface area contributed by atoms with E-state index in [1.54, 1.807) is 31.3 Å². The van der Waals surface area contributed by atoms with E-state index in [1.165, 1.54) is 12.1 Å². The van der Waals surface area contributed by atoms with Gasteiger partial charge in [0.15, 0.2) is 5.96 Å². The molecule has 0 aliphatic carbocycles. The molecule has 0 aliphatic heterocycles. The minimum atomic E-state index is -1.11. The van der Waals surface area contributed by atoms with Crippen molar-refractivity contribution in [3.05, 3.63) is 77.1 Å². The molecule has 3 aromatic rings. The number of aliphatic hydroxyl groups is 1. The Kier molecular flexibility index (Phi) is 7.48. The normalized spacial score (nSPS) is 13.5. The quantitative estimate of drug-likeness (QED) is 0.359. The summed E-state index contributed by atoms with van der Waals surface area (Å²) in [5.74, 6) is 2.65. The molecule has 3 N–H and O–H groups in total. The van der Waals surface area contributed by atoms with E-state index < -0.39 is 5.60 Å². The number of aliphatic imine (C=N–C) groups is 1. The number of hydrogen-bond acceptors (Lipinski definition) is 5. The molecule has 0 saturated carbocycles. The highest BCUT2D eigenvalue weighted by Gasteiger charge is 2.27. The zero-order valence-electron chi connectivity index (χ0n) is 18.8. The van der Waals surface area contributed by atoms with E-state index >= 15 is 0 Å².